The SMILES string of the molecule is CC.COc1ccc(C2(CCCO)CCCNC2)cn1. The topological polar surface area (TPSA) is 54.4 Å². The maximum absolute atomic E-state index is 9.08. The minimum Gasteiger partial charge on any atom is -0.481 e. The minimum absolute atomic E-state index is 0.125. The van der Waals surface area contributed by atoms with E-state index in [4.69, 9.17) is 9.84 Å². The summed E-state index contributed by atoms with van der Waals surface area (Å²) in [6.45, 7) is 6.32. The second-order valence-electron chi connectivity index (χ2n) is 4.98. The molecule has 1 aliphatic rings. The summed E-state index contributed by atoms with van der Waals surface area (Å²) in [6, 6.07) is 4.03. The average Bonchev–Trinajstić information content (AvgIpc) is 2.56. The molecular formula is C16H28N2O2. The Morgan fingerprint density at radius 3 is 2.70 bits per heavy atom. The molecular weight excluding hydrogens is 252 g/mol. The number of nitrogens with zero attached hydrogens (tertiary/aromatic N) is 1. The van der Waals surface area contributed by atoms with Crippen molar-refractivity contribution < 1.29 is 9.84 Å². The predicted molar refractivity (Wildman–Crippen MR) is 82.2 cm³/mol. The summed E-state index contributed by atoms with van der Waals surface area (Å²) in [5, 5.41) is 12.6. The summed E-state index contributed by atoms with van der Waals surface area (Å²) < 4.78 is 5.10. The van der Waals surface area contributed by atoms with Crippen LogP contribution >= 0.6 is 0 Å². The predicted octanol–water partition coefficient (Wildman–Crippen LogP) is 2.51. The number of pyridine rings is 1. The van der Waals surface area contributed by atoms with Crippen molar-refractivity contribution in [2.45, 2.75) is 44.9 Å². The second-order valence-corrected chi connectivity index (χ2v) is 4.98. The van der Waals surface area contributed by atoms with Crippen LogP contribution in [-0.2, 0) is 5.41 Å². The first-order valence-electron chi connectivity index (χ1n) is 7.63. The molecule has 0 bridgehead atoms. The summed E-state index contributed by atoms with van der Waals surface area (Å²) in [4.78, 5) is 4.31. The van der Waals surface area contributed by atoms with E-state index < -0.39 is 0 Å². The molecule has 0 saturated carbocycles. The first kappa shape index (κ1) is 16.9. The van der Waals surface area contributed by atoms with Gasteiger partial charge in [-0.1, -0.05) is 19.9 Å². The highest BCUT2D eigenvalue weighted by Gasteiger charge is 2.33. The molecule has 1 aliphatic heterocycles. The minimum atomic E-state index is 0.125. The summed E-state index contributed by atoms with van der Waals surface area (Å²) in [7, 11) is 1.63. The number of methoxy groups -OCH3 is 1. The molecule has 0 amide bonds. The fourth-order valence-corrected chi connectivity index (χ4v) is 2.80. The van der Waals surface area contributed by atoms with Crippen LogP contribution in [0.2, 0.25) is 0 Å². The van der Waals surface area contributed by atoms with E-state index in [1.807, 2.05) is 26.1 Å². The first-order chi connectivity index (χ1) is 9.80. The number of aliphatic hydroxyl groups excluding tert-OH is 1. The van der Waals surface area contributed by atoms with Crippen LogP contribution in [0.15, 0.2) is 18.3 Å². The molecule has 1 aromatic rings. The number of aliphatic hydroxyl groups is 1. The van der Waals surface area contributed by atoms with Gasteiger partial charge in [0.15, 0.2) is 0 Å². The van der Waals surface area contributed by atoms with E-state index in [0.29, 0.717) is 5.88 Å². The highest BCUT2D eigenvalue weighted by Crippen LogP contribution is 2.35. The Hall–Kier alpha value is -1.13. The van der Waals surface area contributed by atoms with E-state index in [2.05, 4.69) is 16.4 Å². The summed E-state index contributed by atoms with van der Waals surface area (Å²) >= 11 is 0. The van der Waals surface area contributed by atoms with Crippen LogP contribution in [-0.4, -0.2) is 36.9 Å². The van der Waals surface area contributed by atoms with E-state index >= 15 is 0 Å². The molecule has 1 unspecified atom stereocenters. The van der Waals surface area contributed by atoms with Crippen molar-refractivity contribution in [3.05, 3.63) is 23.9 Å². The standard InChI is InChI=1S/C14H22N2O2.C2H6/c1-18-13-5-4-12(10-16-13)14(7-3-9-17)6-2-8-15-11-14;1-2/h4-5,10,15,17H,2-3,6-9,11H2,1H3;1-2H3. The van der Waals surface area contributed by atoms with Crippen LogP contribution in [0.25, 0.3) is 0 Å². The molecule has 0 radical (unpaired) electrons. The number of nitrogens with one attached hydrogen (secondary N) is 1. The molecule has 0 spiro atoms. The summed E-state index contributed by atoms with van der Waals surface area (Å²) in [5.41, 5.74) is 1.38. The molecule has 2 N–H and O–H groups in total. The number of ether oxygens (including phenoxy) is 1. The van der Waals surface area contributed by atoms with E-state index in [1.165, 1.54) is 12.0 Å². The van der Waals surface area contributed by atoms with Crippen LogP contribution in [0.5, 0.6) is 5.88 Å². The number of rotatable bonds is 5. The highest BCUT2D eigenvalue weighted by molar-refractivity contribution is 5.27. The fourth-order valence-electron chi connectivity index (χ4n) is 2.80. The lowest BCUT2D eigenvalue weighted by atomic mass is 9.72. The largest absolute Gasteiger partial charge is 0.481 e. The Labute approximate surface area is 122 Å². The van der Waals surface area contributed by atoms with Gasteiger partial charge in [-0.05, 0) is 37.8 Å². The highest BCUT2D eigenvalue weighted by atomic mass is 16.5. The molecule has 4 heteroatoms. The van der Waals surface area contributed by atoms with E-state index in [-0.39, 0.29) is 12.0 Å². The van der Waals surface area contributed by atoms with Crippen molar-refractivity contribution >= 4 is 0 Å². The van der Waals surface area contributed by atoms with Gasteiger partial charge in [0, 0.05) is 30.8 Å². The van der Waals surface area contributed by atoms with Gasteiger partial charge < -0.3 is 15.2 Å². The van der Waals surface area contributed by atoms with Crippen molar-refractivity contribution in [1.29, 1.82) is 0 Å². The zero-order valence-electron chi connectivity index (χ0n) is 13.0. The third-order valence-corrected chi connectivity index (χ3v) is 3.84. The van der Waals surface area contributed by atoms with Crippen LogP contribution in [0, 0.1) is 0 Å². The van der Waals surface area contributed by atoms with Crippen LogP contribution in [0.4, 0.5) is 0 Å². The van der Waals surface area contributed by atoms with Crippen LogP contribution in [0.3, 0.4) is 0 Å². The zero-order chi connectivity index (χ0) is 14.8. The van der Waals surface area contributed by atoms with E-state index in [0.717, 1.165) is 32.4 Å². The third kappa shape index (κ3) is 4.18. The van der Waals surface area contributed by atoms with Crippen molar-refractivity contribution in [3.63, 3.8) is 0 Å². The van der Waals surface area contributed by atoms with Gasteiger partial charge in [0.1, 0.15) is 0 Å². The molecule has 0 aromatic carbocycles. The molecule has 1 saturated heterocycles. The molecule has 1 aromatic heterocycles. The lowest BCUT2D eigenvalue weighted by Gasteiger charge is -2.38. The van der Waals surface area contributed by atoms with Crippen molar-refractivity contribution in [2.75, 3.05) is 26.8 Å². The van der Waals surface area contributed by atoms with E-state index in [9.17, 15) is 0 Å². The van der Waals surface area contributed by atoms with Crippen LogP contribution < -0.4 is 10.1 Å². The summed E-state index contributed by atoms with van der Waals surface area (Å²) in [6.07, 6.45) is 6.10. The Kier molecular flexibility index (Phi) is 7.55. The molecule has 2 heterocycles. The third-order valence-electron chi connectivity index (χ3n) is 3.84. The average molecular weight is 280 g/mol. The molecule has 20 heavy (non-hydrogen) atoms. The molecule has 0 aliphatic carbocycles. The molecule has 1 fully saturated rings. The first-order valence-corrected chi connectivity index (χ1v) is 7.63. The van der Waals surface area contributed by atoms with Gasteiger partial charge in [-0.25, -0.2) is 4.98 Å². The fraction of sp³-hybridized carbons (Fsp3) is 0.688. The Bertz CT molecular complexity index is 359. The normalized spacial score (nSPS) is 21.8. The number of aromatic nitrogens is 1. The van der Waals surface area contributed by atoms with Crippen molar-refractivity contribution in [2.24, 2.45) is 0 Å². The quantitative estimate of drug-likeness (QED) is 0.870. The molecule has 2 rings (SSSR count). The lowest BCUT2D eigenvalue weighted by Crippen LogP contribution is -2.43. The lowest BCUT2D eigenvalue weighted by molar-refractivity contribution is 0.234. The maximum atomic E-state index is 9.08. The van der Waals surface area contributed by atoms with E-state index in [1.54, 1.807) is 7.11 Å². The van der Waals surface area contributed by atoms with Gasteiger partial charge in [0.05, 0.1) is 7.11 Å². The maximum Gasteiger partial charge on any atom is 0.212 e. The van der Waals surface area contributed by atoms with Gasteiger partial charge in [-0.3, -0.25) is 0 Å². The zero-order valence-corrected chi connectivity index (χ0v) is 13.0. The van der Waals surface area contributed by atoms with Crippen molar-refractivity contribution in [3.8, 4) is 5.88 Å². The van der Waals surface area contributed by atoms with Gasteiger partial charge in [0.2, 0.25) is 5.88 Å². The Morgan fingerprint density at radius 2 is 2.20 bits per heavy atom. The smallest absolute Gasteiger partial charge is 0.212 e. The Balaban J connectivity index is 0.000000956. The number of hydrogen-bond donors (Lipinski definition) is 2. The molecule has 114 valence electrons. The molecule has 1 atom stereocenters. The number of hydrogen-bond acceptors (Lipinski definition) is 4. The van der Waals surface area contributed by atoms with Gasteiger partial charge in [-0.15, -0.1) is 0 Å². The van der Waals surface area contributed by atoms with Crippen molar-refractivity contribution in [1.82, 2.24) is 10.3 Å². The van der Waals surface area contributed by atoms with Gasteiger partial charge in [-0.2, -0.15) is 0 Å². The second kappa shape index (κ2) is 8.93. The monoisotopic (exact) mass is 280 g/mol. The molecule has 4 nitrogen and oxygen atoms in total. The van der Waals surface area contributed by atoms with Crippen LogP contribution in [0.1, 0.15) is 45.1 Å². The summed E-state index contributed by atoms with van der Waals surface area (Å²) in [5.74, 6) is 0.653. The Morgan fingerprint density at radius 1 is 1.40 bits per heavy atom. The van der Waals surface area contributed by atoms with Gasteiger partial charge >= 0.3 is 0 Å². The number of piperidine rings is 1. The van der Waals surface area contributed by atoms with Gasteiger partial charge in [0.25, 0.3) is 0 Å².